The molecule has 7 atom stereocenters. The number of hydrogen-bond acceptors (Lipinski definition) is 6. The monoisotopic (exact) mass is 360 g/mol. The molecule has 6 heteroatoms. The highest BCUT2D eigenvalue weighted by molar-refractivity contribution is 5.82. The summed E-state index contributed by atoms with van der Waals surface area (Å²) < 4.78 is 16.7. The fourth-order valence-electron chi connectivity index (χ4n) is 6.63. The second-order valence-electron chi connectivity index (χ2n) is 8.56. The molecule has 0 unspecified atom stereocenters. The van der Waals surface area contributed by atoms with Crippen molar-refractivity contribution in [1.29, 1.82) is 0 Å². The minimum atomic E-state index is -0.673. The molecule has 140 valence electrons. The Bertz CT molecular complexity index is 741. The largest absolute Gasteiger partial charge is 0.472 e. The Morgan fingerprint density at radius 1 is 1.27 bits per heavy atom. The lowest BCUT2D eigenvalue weighted by atomic mass is 9.44. The van der Waals surface area contributed by atoms with Crippen LogP contribution in [0.3, 0.4) is 0 Å². The highest BCUT2D eigenvalue weighted by Gasteiger charge is 2.73. The van der Waals surface area contributed by atoms with Gasteiger partial charge in [-0.2, -0.15) is 0 Å². The topological polar surface area (TPSA) is 86.0 Å². The molecule has 2 saturated heterocycles. The lowest BCUT2D eigenvalue weighted by Crippen LogP contribution is -2.62. The van der Waals surface area contributed by atoms with Gasteiger partial charge in [0.1, 0.15) is 12.2 Å². The molecule has 0 aromatic carbocycles. The van der Waals surface area contributed by atoms with Crippen LogP contribution in [0.4, 0.5) is 0 Å². The van der Waals surface area contributed by atoms with Gasteiger partial charge in [-0.25, -0.2) is 0 Å². The number of ether oxygens (including phenoxy) is 2. The van der Waals surface area contributed by atoms with E-state index in [9.17, 15) is 14.7 Å². The molecule has 0 bridgehead atoms. The van der Waals surface area contributed by atoms with Gasteiger partial charge in [-0.1, -0.05) is 13.3 Å². The van der Waals surface area contributed by atoms with E-state index in [0.29, 0.717) is 12.8 Å². The summed E-state index contributed by atoms with van der Waals surface area (Å²) in [5.41, 5.74) is -0.450. The van der Waals surface area contributed by atoms with Gasteiger partial charge in [0.2, 0.25) is 0 Å². The second-order valence-corrected chi connectivity index (χ2v) is 8.56. The van der Waals surface area contributed by atoms with E-state index in [1.807, 2.05) is 6.07 Å². The van der Waals surface area contributed by atoms with Crippen molar-refractivity contribution in [2.24, 2.45) is 28.6 Å². The van der Waals surface area contributed by atoms with Crippen LogP contribution in [-0.4, -0.2) is 29.8 Å². The van der Waals surface area contributed by atoms with Gasteiger partial charge in [0.25, 0.3) is 0 Å². The van der Waals surface area contributed by atoms with E-state index < -0.39 is 10.8 Å². The molecule has 5 rings (SSSR count). The maximum absolute atomic E-state index is 13.2. The van der Waals surface area contributed by atoms with E-state index in [1.54, 1.807) is 12.5 Å². The number of carbonyl (C=O) groups is 2. The number of cyclic esters (lactones) is 1. The highest BCUT2D eigenvalue weighted by Crippen LogP contribution is 2.69. The number of rotatable bonds is 2. The zero-order chi connectivity index (χ0) is 18.1. The van der Waals surface area contributed by atoms with Gasteiger partial charge in [0.15, 0.2) is 0 Å². The summed E-state index contributed by atoms with van der Waals surface area (Å²) >= 11 is 0. The van der Waals surface area contributed by atoms with Crippen LogP contribution in [0.5, 0.6) is 0 Å². The van der Waals surface area contributed by atoms with Crippen molar-refractivity contribution < 1.29 is 28.6 Å². The molecule has 1 spiro atoms. The van der Waals surface area contributed by atoms with E-state index in [0.717, 1.165) is 24.8 Å². The molecule has 6 nitrogen and oxygen atoms in total. The van der Waals surface area contributed by atoms with Gasteiger partial charge in [-0.3, -0.25) is 9.59 Å². The number of fused-ring (bicyclic) bond motifs is 1. The van der Waals surface area contributed by atoms with E-state index in [-0.39, 0.29) is 48.5 Å². The van der Waals surface area contributed by atoms with E-state index in [2.05, 4.69) is 6.92 Å². The first-order valence-corrected chi connectivity index (χ1v) is 9.58. The fourth-order valence-corrected chi connectivity index (χ4v) is 6.63. The summed E-state index contributed by atoms with van der Waals surface area (Å²) in [5, 5.41) is 10.4. The van der Waals surface area contributed by atoms with Gasteiger partial charge in [-0.05, 0) is 37.2 Å². The molecule has 1 aromatic heterocycles. The number of aliphatic hydroxyl groups is 1. The van der Waals surface area contributed by atoms with Crippen LogP contribution >= 0.6 is 0 Å². The zero-order valence-corrected chi connectivity index (χ0v) is 14.8. The Kier molecular flexibility index (Phi) is 3.36. The third-order valence-corrected chi connectivity index (χ3v) is 7.84. The van der Waals surface area contributed by atoms with Crippen LogP contribution in [0.25, 0.3) is 0 Å². The summed E-state index contributed by atoms with van der Waals surface area (Å²) in [4.78, 5) is 25.7. The smallest absolute Gasteiger partial charge is 0.313 e. The molecule has 2 aliphatic carbocycles. The number of furan rings is 1. The first kappa shape index (κ1) is 16.4. The number of carbonyl (C=O) groups excluding carboxylic acids is 2. The average Bonchev–Trinajstić information content (AvgIpc) is 3.33. The van der Waals surface area contributed by atoms with E-state index in [1.165, 1.54) is 0 Å². The molecule has 26 heavy (non-hydrogen) atoms. The Hall–Kier alpha value is -1.82. The fraction of sp³-hybridized carbons (Fsp3) is 0.700. The SMILES string of the molecule is C[C@@H]1C[C@H]2OC(=O)[C@H]3CCC[C@H]([C@@]14C[C@@H](c1ccoc1)OC4=O)[C@]32CO. The molecule has 2 aliphatic heterocycles. The Morgan fingerprint density at radius 3 is 2.85 bits per heavy atom. The van der Waals surface area contributed by atoms with Crippen molar-refractivity contribution in [2.45, 2.75) is 51.2 Å². The van der Waals surface area contributed by atoms with Crippen molar-refractivity contribution >= 4 is 11.9 Å². The minimum Gasteiger partial charge on any atom is -0.472 e. The number of hydrogen-bond donors (Lipinski definition) is 1. The highest BCUT2D eigenvalue weighted by atomic mass is 16.6. The van der Waals surface area contributed by atoms with Gasteiger partial charge in [-0.15, -0.1) is 0 Å². The predicted molar refractivity (Wildman–Crippen MR) is 88.6 cm³/mol. The number of esters is 2. The first-order valence-electron chi connectivity index (χ1n) is 9.58. The lowest BCUT2D eigenvalue weighted by Gasteiger charge is -2.57. The molecular formula is C20H24O6. The number of aliphatic hydroxyl groups excluding tert-OH is 1. The zero-order valence-electron chi connectivity index (χ0n) is 14.8. The first-order chi connectivity index (χ1) is 12.5. The molecule has 2 saturated carbocycles. The third-order valence-electron chi connectivity index (χ3n) is 7.84. The van der Waals surface area contributed by atoms with Crippen molar-refractivity contribution in [3.05, 3.63) is 24.2 Å². The maximum Gasteiger partial charge on any atom is 0.313 e. The molecule has 0 amide bonds. The Morgan fingerprint density at radius 2 is 2.12 bits per heavy atom. The summed E-state index contributed by atoms with van der Waals surface area (Å²) in [7, 11) is 0. The predicted octanol–water partition coefficient (Wildman–Crippen LogP) is 2.61. The Balaban J connectivity index is 1.61. The van der Waals surface area contributed by atoms with Crippen LogP contribution in [-0.2, 0) is 19.1 Å². The van der Waals surface area contributed by atoms with Crippen LogP contribution in [0.15, 0.2) is 23.0 Å². The molecular weight excluding hydrogens is 336 g/mol. The molecule has 4 fully saturated rings. The van der Waals surface area contributed by atoms with Gasteiger partial charge >= 0.3 is 11.9 Å². The lowest BCUT2D eigenvalue weighted by molar-refractivity contribution is -0.184. The van der Waals surface area contributed by atoms with Crippen LogP contribution in [0.1, 0.15) is 50.7 Å². The summed E-state index contributed by atoms with van der Waals surface area (Å²) in [6, 6.07) is 1.83. The minimum absolute atomic E-state index is 0.0335. The molecule has 1 aromatic rings. The second kappa shape index (κ2) is 5.35. The standard InChI is InChI=1S/C20H24O6/c1-11-7-16-20(10-21)13(17(22)26-16)3-2-4-15(20)19(11)8-14(25-18(19)23)12-5-6-24-9-12/h5-6,9,11,13-16,21H,2-4,7-8,10H2,1H3/t11-,13-,14+,15-,16-,19-,20+/m1/s1. The molecule has 4 aliphatic rings. The third kappa shape index (κ3) is 1.76. The normalized spacial score (nSPS) is 46.9. The Labute approximate surface area is 151 Å². The van der Waals surface area contributed by atoms with Gasteiger partial charge in [0, 0.05) is 17.4 Å². The van der Waals surface area contributed by atoms with E-state index in [4.69, 9.17) is 13.9 Å². The molecule has 3 heterocycles. The van der Waals surface area contributed by atoms with Crippen molar-refractivity contribution in [2.75, 3.05) is 6.61 Å². The van der Waals surface area contributed by atoms with Gasteiger partial charge < -0.3 is 19.0 Å². The van der Waals surface area contributed by atoms with Gasteiger partial charge in [0.05, 0.1) is 30.5 Å². The van der Waals surface area contributed by atoms with Crippen molar-refractivity contribution in [1.82, 2.24) is 0 Å². The van der Waals surface area contributed by atoms with E-state index >= 15 is 0 Å². The molecule has 1 N–H and O–H groups in total. The maximum atomic E-state index is 13.2. The van der Waals surface area contributed by atoms with Crippen LogP contribution in [0.2, 0.25) is 0 Å². The van der Waals surface area contributed by atoms with Crippen LogP contribution in [0, 0.1) is 28.6 Å². The summed E-state index contributed by atoms with van der Waals surface area (Å²) in [6.07, 6.45) is 6.20. The average molecular weight is 360 g/mol. The quantitative estimate of drug-likeness (QED) is 0.816. The van der Waals surface area contributed by atoms with Crippen LogP contribution < -0.4 is 0 Å². The van der Waals surface area contributed by atoms with Crippen molar-refractivity contribution in [3.63, 3.8) is 0 Å². The summed E-state index contributed by atoms with van der Waals surface area (Å²) in [5.74, 6) is -0.751. The summed E-state index contributed by atoms with van der Waals surface area (Å²) in [6.45, 7) is 1.95. The van der Waals surface area contributed by atoms with Crippen molar-refractivity contribution in [3.8, 4) is 0 Å². The molecule has 0 radical (unpaired) electrons.